The molecule has 5 nitrogen and oxygen atoms in total. The zero-order chi connectivity index (χ0) is 14.8. The zero-order valence-corrected chi connectivity index (χ0v) is 13.4. The fourth-order valence-electron chi connectivity index (χ4n) is 3.35. The molecule has 0 bridgehead atoms. The van der Waals surface area contributed by atoms with E-state index in [-0.39, 0.29) is 23.7 Å². The fraction of sp³-hybridized carbons (Fsp3) is 0.929. The van der Waals surface area contributed by atoms with Crippen molar-refractivity contribution in [1.29, 1.82) is 0 Å². The lowest BCUT2D eigenvalue weighted by Gasteiger charge is -2.39. The van der Waals surface area contributed by atoms with Gasteiger partial charge in [0, 0.05) is 31.6 Å². The summed E-state index contributed by atoms with van der Waals surface area (Å²) in [6, 6.07) is 0.563. The van der Waals surface area contributed by atoms with Gasteiger partial charge in [-0.05, 0) is 46.0 Å². The van der Waals surface area contributed by atoms with Gasteiger partial charge in [-0.3, -0.25) is 4.79 Å². The summed E-state index contributed by atoms with van der Waals surface area (Å²) in [6.07, 6.45) is 5.24. The molecule has 0 aromatic heterocycles. The van der Waals surface area contributed by atoms with Gasteiger partial charge >= 0.3 is 0 Å². The van der Waals surface area contributed by atoms with E-state index < -0.39 is 10.0 Å². The number of nitrogens with zero attached hydrogens (tertiary/aromatic N) is 2. The first-order valence-electron chi connectivity index (χ1n) is 7.71. The molecular formula is C14H26N2O3S. The zero-order valence-electron chi connectivity index (χ0n) is 12.5. The van der Waals surface area contributed by atoms with E-state index in [0.717, 1.165) is 25.7 Å². The van der Waals surface area contributed by atoms with Crippen molar-refractivity contribution >= 4 is 15.9 Å². The van der Waals surface area contributed by atoms with Crippen molar-refractivity contribution in [2.45, 2.75) is 64.5 Å². The molecule has 0 N–H and O–H groups in total. The average Bonchev–Trinajstić information content (AvgIpc) is 2.36. The normalized spacial score (nSPS) is 31.2. The van der Waals surface area contributed by atoms with Crippen LogP contribution in [0.1, 0.15) is 52.4 Å². The molecule has 2 unspecified atom stereocenters. The minimum Gasteiger partial charge on any atom is -0.337 e. The Hall–Kier alpha value is -0.620. The van der Waals surface area contributed by atoms with Crippen molar-refractivity contribution in [2.75, 3.05) is 18.8 Å². The first kappa shape index (κ1) is 15.8. The number of rotatable bonds is 3. The summed E-state index contributed by atoms with van der Waals surface area (Å²) in [5.74, 6) is 0.336. The standard InChI is InChI=1S/C14H26N2O3S/c1-12-6-5-7-13(2)16(12)14(17)8-10-15-9-3-4-11-20(15,18)19/h12-13H,3-11H2,1-2H3. The van der Waals surface area contributed by atoms with Crippen LogP contribution in [0.15, 0.2) is 0 Å². The van der Waals surface area contributed by atoms with Crippen molar-refractivity contribution < 1.29 is 13.2 Å². The molecular weight excluding hydrogens is 276 g/mol. The number of likely N-dealkylation sites (tertiary alicyclic amines) is 1. The quantitative estimate of drug-likeness (QED) is 0.795. The maximum absolute atomic E-state index is 12.4. The molecule has 0 aliphatic carbocycles. The largest absolute Gasteiger partial charge is 0.337 e. The molecule has 2 rings (SSSR count). The number of amides is 1. The van der Waals surface area contributed by atoms with Gasteiger partial charge in [0.05, 0.1) is 5.75 Å². The van der Waals surface area contributed by atoms with Gasteiger partial charge in [-0.15, -0.1) is 0 Å². The second-order valence-electron chi connectivity index (χ2n) is 6.10. The predicted molar refractivity (Wildman–Crippen MR) is 78.8 cm³/mol. The number of hydrogen-bond donors (Lipinski definition) is 0. The molecule has 2 heterocycles. The van der Waals surface area contributed by atoms with E-state index in [2.05, 4.69) is 13.8 Å². The molecule has 2 aliphatic heterocycles. The van der Waals surface area contributed by atoms with Crippen LogP contribution in [0.25, 0.3) is 0 Å². The summed E-state index contributed by atoms with van der Waals surface area (Å²) < 4.78 is 25.3. The van der Waals surface area contributed by atoms with Gasteiger partial charge in [0.25, 0.3) is 0 Å². The molecule has 6 heteroatoms. The minimum absolute atomic E-state index is 0.102. The number of piperidine rings is 1. The molecule has 2 aliphatic rings. The predicted octanol–water partition coefficient (Wildman–Crippen LogP) is 1.59. The van der Waals surface area contributed by atoms with Gasteiger partial charge in [0.1, 0.15) is 0 Å². The lowest BCUT2D eigenvalue weighted by Crippen LogP contribution is -2.48. The Kier molecular flexibility index (Phi) is 5.07. The van der Waals surface area contributed by atoms with Crippen LogP contribution in [0.2, 0.25) is 0 Å². The Morgan fingerprint density at radius 1 is 1.10 bits per heavy atom. The summed E-state index contributed by atoms with van der Waals surface area (Å²) in [6.45, 7) is 5.09. The number of carbonyl (C=O) groups is 1. The molecule has 2 fully saturated rings. The second kappa shape index (κ2) is 6.43. The lowest BCUT2D eigenvalue weighted by molar-refractivity contribution is -0.137. The lowest BCUT2D eigenvalue weighted by atomic mass is 9.97. The van der Waals surface area contributed by atoms with Gasteiger partial charge in [-0.25, -0.2) is 12.7 Å². The van der Waals surface area contributed by atoms with Crippen LogP contribution in [0, 0.1) is 0 Å². The SMILES string of the molecule is CC1CCCC(C)N1C(=O)CCN1CCCCS1(=O)=O. The first-order chi connectivity index (χ1) is 9.42. The van der Waals surface area contributed by atoms with Crippen LogP contribution in [-0.2, 0) is 14.8 Å². The molecule has 0 radical (unpaired) electrons. The van der Waals surface area contributed by atoms with Crippen molar-refractivity contribution in [3.8, 4) is 0 Å². The Bertz CT molecular complexity index is 439. The summed E-state index contributed by atoms with van der Waals surface area (Å²) in [5.41, 5.74) is 0. The molecule has 0 spiro atoms. The summed E-state index contributed by atoms with van der Waals surface area (Å²) >= 11 is 0. The summed E-state index contributed by atoms with van der Waals surface area (Å²) in [5, 5.41) is 0. The number of sulfonamides is 1. The van der Waals surface area contributed by atoms with E-state index in [1.807, 2.05) is 4.90 Å². The second-order valence-corrected chi connectivity index (χ2v) is 8.19. The third-order valence-electron chi connectivity index (χ3n) is 4.51. The first-order valence-corrected chi connectivity index (χ1v) is 9.32. The molecule has 0 aromatic carbocycles. The Labute approximate surface area is 122 Å². The van der Waals surface area contributed by atoms with E-state index >= 15 is 0 Å². The maximum Gasteiger partial charge on any atom is 0.224 e. The summed E-state index contributed by atoms with van der Waals surface area (Å²) in [4.78, 5) is 14.3. The van der Waals surface area contributed by atoms with Crippen LogP contribution < -0.4 is 0 Å². The minimum atomic E-state index is -3.11. The van der Waals surface area contributed by atoms with Crippen LogP contribution >= 0.6 is 0 Å². The van der Waals surface area contributed by atoms with Gasteiger partial charge in [0.15, 0.2) is 0 Å². The average molecular weight is 302 g/mol. The highest BCUT2D eigenvalue weighted by molar-refractivity contribution is 7.89. The Morgan fingerprint density at radius 2 is 1.75 bits per heavy atom. The highest BCUT2D eigenvalue weighted by atomic mass is 32.2. The topological polar surface area (TPSA) is 57.7 Å². The highest BCUT2D eigenvalue weighted by Gasteiger charge is 2.31. The van der Waals surface area contributed by atoms with Gasteiger partial charge < -0.3 is 4.90 Å². The monoisotopic (exact) mass is 302 g/mol. The maximum atomic E-state index is 12.4. The molecule has 0 saturated carbocycles. The Balaban J connectivity index is 1.91. The molecule has 2 atom stereocenters. The van der Waals surface area contributed by atoms with Crippen molar-refractivity contribution in [3.63, 3.8) is 0 Å². The number of carbonyl (C=O) groups excluding carboxylic acids is 1. The highest BCUT2D eigenvalue weighted by Crippen LogP contribution is 2.23. The Morgan fingerprint density at radius 3 is 2.35 bits per heavy atom. The van der Waals surface area contributed by atoms with Crippen LogP contribution in [0.4, 0.5) is 0 Å². The molecule has 2 saturated heterocycles. The van der Waals surface area contributed by atoms with Crippen LogP contribution in [0.3, 0.4) is 0 Å². The van der Waals surface area contributed by atoms with Crippen molar-refractivity contribution in [1.82, 2.24) is 9.21 Å². The fourth-order valence-corrected chi connectivity index (χ4v) is 4.96. The third-order valence-corrected chi connectivity index (χ3v) is 6.47. The molecule has 1 amide bonds. The van der Waals surface area contributed by atoms with E-state index in [1.54, 1.807) is 0 Å². The van der Waals surface area contributed by atoms with Crippen LogP contribution in [0.5, 0.6) is 0 Å². The van der Waals surface area contributed by atoms with E-state index in [4.69, 9.17) is 0 Å². The molecule has 116 valence electrons. The van der Waals surface area contributed by atoms with Gasteiger partial charge in [-0.1, -0.05) is 0 Å². The van der Waals surface area contributed by atoms with Crippen molar-refractivity contribution in [3.05, 3.63) is 0 Å². The molecule has 20 heavy (non-hydrogen) atoms. The van der Waals surface area contributed by atoms with E-state index in [0.29, 0.717) is 19.5 Å². The van der Waals surface area contributed by atoms with Crippen molar-refractivity contribution in [2.24, 2.45) is 0 Å². The number of hydrogen-bond acceptors (Lipinski definition) is 3. The third kappa shape index (κ3) is 3.52. The van der Waals surface area contributed by atoms with Crippen LogP contribution in [-0.4, -0.2) is 54.5 Å². The molecule has 0 aromatic rings. The summed E-state index contributed by atoms with van der Waals surface area (Å²) in [7, 11) is -3.11. The van der Waals surface area contributed by atoms with E-state index in [1.165, 1.54) is 10.7 Å². The van der Waals surface area contributed by atoms with E-state index in [9.17, 15) is 13.2 Å². The van der Waals surface area contributed by atoms with Gasteiger partial charge in [0.2, 0.25) is 15.9 Å². The smallest absolute Gasteiger partial charge is 0.224 e. The van der Waals surface area contributed by atoms with Gasteiger partial charge in [-0.2, -0.15) is 0 Å².